The Bertz CT molecular complexity index is 548. The van der Waals surface area contributed by atoms with Gasteiger partial charge in [0.1, 0.15) is 0 Å². The van der Waals surface area contributed by atoms with Crippen LogP contribution in [-0.4, -0.2) is 41.1 Å². The molecule has 0 bridgehead atoms. The fraction of sp³-hybridized carbons (Fsp3) is 0.611. The van der Waals surface area contributed by atoms with Gasteiger partial charge in [0.25, 0.3) is 0 Å². The van der Waals surface area contributed by atoms with Gasteiger partial charge in [-0.15, -0.1) is 0 Å². The molecule has 0 spiro atoms. The van der Waals surface area contributed by atoms with E-state index in [1.807, 2.05) is 12.1 Å². The van der Waals surface area contributed by atoms with Gasteiger partial charge in [-0.3, -0.25) is 9.69 Å². The van der Waals surface area contributed by atoms with Crippen LogP contribution in [0.15, 0.2) is 18.2 Å². The lowest BCUT2D eigenvalue weighted by Gasteiger charge is -2.43. The first-order chi connectivity index (χ1) is 11.0. The third-order valence-corrected chi connectivity index (χ3v) is 5.07. The number of carbonyl (C=O) groups is 1. The molecule has 2 aliphatic carbocycles. The fourth-order valence-electron chi connectivity index (χ4n) is 3.38. The largest absolute Gasteiger partial charge is 0.480 e. The minimum absolute atomic E-state index is 0.182. The van der Waals surface area contributed by atoms with Crippen molar-refractivity contribution in [3.63, 3.8) is 0 Å². The molecule has 0 unspecified atom stereocenters. The van der Waals surface area contributed by atoms with Crippen molar-refractivity contribution in [2.45, 2.75) is 51.2 Å². The van der Waals surface area contributed by atoms with E-state index in [1.165, 1.54) is 24.0 Å². The summed E-state index contributed by atoms with van der Waals surface area (Å²) in [6.07, 6.45) is 4.61. The van der Waals surface area contributed by atoms with E-state index in [1.54, 1.807) is 0 Å². The van der Waals surface area contributed by atoms with Gasteiger partial charge in [0, 0.05) is 30.2 Å². The van der Waals surface area contributed by atoms with E-state index in [2.05, 4.69) is 23.2 Å². The highest BCUT2D eigenvalue weighted by molar-refractivity contribution is 6.30. The second kappa shape index (κ2) is 7.20. The predicted molar refractivity (Wildman–Crippen MR) is 91.8 cm³/mol. The molecule has 0 saturated heterocycles. The first kappa shape index (κ1) is 16.7. The van der Waals surface area contributed by atoms with Gasteiger partial charge in [-0.2, -0.15) is 0 Å². The van der Waals surface area contributed by atoms with Gasteiger partial charge >= 0.3 is 5.97 Å². The highest BCUT2D eigenvalue weighted by Crippen LogP contribution is 2.33. The Kier molecular flexibility index (Phi) is 5.24. The molecule has 2 aliphatic rings. The lowest BCUT2D eigenvalue weighted by atomic mass is 9.85. The molecule has 2 N–H and O–H groups in total. The Morgan fingerprint density at radius 1 is 1.35 bits per heavy atom. The summed E-state index contributed by atoms with van der Waals surface area (Å²) in [5.41, 5.74) is 2.39. The van der Waals surface area contributed by atoms with E-state index < -0.39 is 5.97 Å². The van der Waals surface area contributed by atoms with Gasteiger partial charge in [0.15, 0.2) is 0 Å². The fourth-order valence-corrected chi connectivity index (χ4v) is 3.69. The van der Waals surface area contributed by atoms with Gasteiger partial charge in [0.05, 0.1) is 6.54 Å². The van der Waals surface area contributed by atoms with Crippen molar-refractivity contribution in [2.24, 2.45) is 5.92 Å². The van der Waals surface area contributed by atoms with Crippen LogP contribution in [0.25, 0.3) is 0 Å². The lowest BCUT2D eigenvalue weighted by Crippen LogP contribution is -2.54. The number of nitrogens with zero attached hydrogens (tertiary/aromatic N) is 1. The lowest BCUT2D eigenvalue weighted by molar-refractivity contribution is -0.139. The van der Waals surface area contributed by atoms with Crippen LogP contribution in [-0.2, 0) is 11.3 Å². The predicted octanol–water partition coefficient (Wildman–Crippen LogP) is 3.07. The van der Waals surface area contributed by atoms with Gasteiger partial charge in [0.2, 0.25) is 0 Å². The molecule has 0 aromatic heterocycles. The molecule has 2 fully saturated rings. The first-order valence-electron chi connectivity index (χ1n) is 8.45. The number of benzene rings is 1. The zero-order valence-electron chi connectivity index (χ0n) is 13.6. The number of hydrogen-bond donors (Lipinski definition) is 2. The molecule has 1 aromatic carbocycles. The molecule has 0 aliphatic heterocycles. The number of carboxylic acid groups (broad SMARTS) is 1. The average molecular weight is 337 g/mol. The summed E-state index contributed by atoms with van der Waals surface area (Å²) in [6.45, 7) is 4.01. The van der Waals surface area contributed by atoms with E-state index in [0.29, 0.717) is 12.1 Å². The Hall–Kier alpha value is -1.10. The van der Waals surface area contributed by atoms with Crippen LogP contribution in [0.1, 0.15) is 36.8 Å². The Balaban J connectivity index is 1.44. The second-order valence-electron chi connectivity index (χ2n) is 7.11. The molecule has 4 nitrogen and oxygen atoms in total. The first-order valence-corrected chi connectivity index (χ1v) is 8.82. The van der Waals surface area contributed by atoms with E-state index in [9.17, 15) is 4.79 Å². The number of rotatable bonds is 8. The normalized spacial score (nSPS) is 23.8. The summed E-state index contributed by atoms with van der Waals surface area (Å²) < 4.78 is 0. The SMILES string of the molecule is Cc1cc(Cl)cc(CNC2CC(N(CC(=O)O)CC3CC3)C2)c1. The van der Waals surface area contributed by atoms with Crippen molar-refractivity contribution in [3.8, 4) is 0 Å². The average Bonchev–Trinajstić information content (AvgIpc) is 3.18. The van der Waals surface area contributed by atoms with Crippen LogP contribution in [0.5, 0.6) is 0 Å². The number of aliphatic carboxylic acids is 1. The van der Waals surface area contributed by atoms with Crippen molar-refractivity contribution in [1.82, 2.24) is 10.2 Å². The van der Waals surface area contributed by atoms with E-state index in [-0.39, 0.29) is 6.54 Å². The summed E-state index contributed by atoms with van der Waals surface area (Å²) in [5.74, 6) is 0.0206. The van der Waals surface area contributed by atoms with Crippen LogP contribution in [0.2, 0.25) is 5.02 Å². The molecule has 0 heterocycles. The molecule has 126 valence electrons. The highest BCUT2D eigenvalue weighted by atomic mass is 35.5. The standard InChI is InChI=1S/C18H25ClN2O2/c1-12-4-14(6-15(19)5-12)9-20-16-7-17(8-16)21(11-18(22)23)10-13-2-3-13/h4-6,13,16-17,20H,2-3,7-11H2,1H3,(H,22,23). The summed E-state index contributed by atoms with van der Waals surface area (Å²) in [7, 11) is 0. The van der Waals surface area contributed by atoms with Crippen LogP contribution in [0.4, 0.5) is 0 Å². The molecule has 3 rings (SSSR count). The monoisotopic (exact) mass is 336 g/mol. The Labute approximate surface area is 142 Å². The molecule has 0 radical (unpaired) electrons. The molecule has 0 amide bonds. The van der Waals surface area contributed by atoms with Gasteiger partial charge in [-0.25, -0.2) is 0 Å². The van der Waals surface area contributed by atoms with Crippen LogP contribution in [0, 0.1) is 12.8 Å². The number of aryl methyl sites for hydroxylation is 1. The minimum Gasteiger partial charge on any atom is -0.480 e. The van der Waals surface area contributed by atoms with Crippen molar-refractivity contribution in [2.75, 3.05) is 13.1 Å². The van der Waals surface area contributed by atoms with Crippen molar-refractivity contribution in [3.05, 3.63) is 34.3 Å². The zero-order valence-corrected chi connectivity index (χ0v) is 14.4. The molecule has 1 aromatic rings. The van der Waals surface area contributed by atoms with E-state index >= 15 is 0 Å². The topological polar surface area (TPSA) is 52.6 Å². The third kappa shape index (κ3) is 4.93. The molecular formula is C18H25ClN2O2. The van der Waals surface area contributed by atoms with E-state index in [0.717, 1.165) is 36.9 Å². The Morgan fingerprint density at radius 3 is 2.70 bits per heavy atom. The highest BCUT2D eigenvalue weighted by Gasteiger charge is 2.36. The summed E-state index contributed by atoms with van der Waals surface area (Å²) in [6, 6.07) is 7.02. The molecule has 0 atom stereocenters. The summed E-state index contributed by atoms with van der Waals surface area (Å²) >= 11 is 6.09. The van der Waals surface area contributed by atoms with Gasteiger partial charge in [-0.05, 0) is 61.8 Å². The van der Waals surface area contributed by atoms with Crippen LogP contribution >= 0.6 is 11.6 Å². The van der Waals surface area contributed by atoms with Crippen LogP contribution in [0.3, 0.4) is 0 Å². The maximum absolute atomic E-state index is 11.0. The maximum atomic E-state index is 11.0. The van der Waals surface area contributed by atoms with Gasteiger partial charge < -0.3 is 10.4 Å². The second-order valence-corrected chi connectivity index (χ2v) is 7.54. The summed E-state index contributed by atoms with van der Waals surface area (Å²) in [4.78, 5) is 13.2. The molecule has 23 heavy (non-hydrogen) atoms. The smallest absolute Gasteiger partial charge is 0.317 e. The van der Waals surface area contributed by atoms with Crippen LogP contribution < -0.4 is 5.32 Å². The van der Waals surface area contributed by atoms with E-state index in [4.69, 9.17) is 16.7 Å². The number of halogens is 1. The number of carboxylic acids is 1. The van der Waals surface area contributed by atoms with Crippen molar-refractivity contribution >= 4 is 17.6 Å². The molecular weight excluding hydrogens is 312 g/mol. The minimum atomic E-state index is -0.712. The number of hydrogen-bond acceptors (Lipinski definition) is 3. The zero-order chi connectivity index (χ0) is 16.4. The molecule has 5 heteroatoms. The quantitative estimate of drug-likeness (QED) is 0.766. The summed E-state index contributed by atoms with van der Waals surface area (Å²) in [5, 5.41) is 13.4. The Morgan fingerprint density at radius 2 is 2.09 bits per heavy atom. The maximum Gasteiger partial charge on any atom is 0.317 e. The number of nitrogens with one attached hydrogen (secondary N) is 1. The van der Waals surface area contributed by atoms with Crippen molar-refractivity contribution < 1.29 is 9.90 Å². The molecule has 2 saturated carbocycles. The third-order valence-electron chi connectivity index (χ3n) is 4.85. The van der Waals surface area contributed by atoms with Crippen molar-refractivity contribution in [1.29, 1.82) is 0 Å². The van der Waals surface area contributed by atoms with Gasteiger partial charge in [-0.1, -0.05) is 17.7 Å².